The molecule has 0 bridgehead atoms. The fourth-order valence-corrected chi connectivity index (χ4v) is 1.94. The molecule has 0 radical (unpaired) electrons. The van der Waals surface area contributed by atoms with Gasteiger partial charge in [-0.2, -0.15) is 0 Å². The summed E-state index contributed by atoms with van der Waals surface area (Å²) in [6.07, 6.45) is -2.61. The fraction of sp³-hybridized carbons (Fsp3) is 0.235. The third-order valence-electron chi connectivity index (χ3n) is 2.93. The average Bonchev–Trinajstić information content (AvgIpc) is 2.62. The highest BCUT2D eigenvalue weighted by Crippen LogP contribution is 2.21. The maximum Gasteiger partial charge on any atom is 0.389 e. The molecule has 0 spiro atoms. The first kappa shape index (κ1) is 19.3. The van der Waals surface area contributed by atoms with Gasteiger partial charge in [0.25, 0.3) is 0 Å². The van der Waals surface area contributed by atoms with E-state index in [2.05, 4.69) is 0 Å². The summed E-state index contributed by atoms with van der Waals surface area (Å²) in [5.74, 6) is -0.191. The maximum absolute atomic E-state index is 12.2. The summed E-state index contributed by atoms with van der Waals surface area (Å²) < 4.78 is 15.9. The summed E-state index contributed by atoms with van der Waals surface area (Å²) in [5, 5.41) is 19.1. The summed E-state index contributed by atoms with van der Waals surface area (Å²) in [6.45, 7) is -0.923. The normalized spacial score (nSPS) is 11.9. The molecule has 0 saturated carbocycles. The highest BCUT2D eigenvalue weighted by Gasteiger charge is 2.25. The number of ether oxygens (including phenoxy) is 3. The van der Waals surface area contributed by atoms with Crippen molar-refractivity contribution in [1.82, 2.24) is 0 Å². The molecule has 1 unspecified atom stereocenters. The Kier molecular flexibility index (Phi) is 7.33. The molecule has 0 aromatic heterocycles. The van der Waals surface area contributed by atoms with Crippen molar-refractivity contribution in [2.75, 3.05) is 13.2 Å². The Morgan fingerprint density at radius 1 is 0.920 bits per heavy atom. The second-order valence-electron chi connectivity index (χ2n) is 4.94. The van der Waals surface area contributed by atoms with Crippen molar-refractivity contribution in [2.45, 2.75) is 12.4 Å². The summed E-state index contributed by atoms with van der Waals surface area (Å²) in [5.41, 5.74) is 0. The van der Waals surface area contributed by atoms with Gasteiger partial charge in [-0.3, -0.25) is 0 Å². The van der Waals surface area contributed by atoms with E-state index in [4.69, 9.17) is 42.5 Å². The number of esters is 1. The minimum Gasteiger partial charge on any atom is -0.457 e. The van der Waals surface area contributed by atoms with Crippen LogP contribution in [-0.4, -0.2) is 41.8 Å². The van der Waals surface area contributed by atoms with E-state index in [0.29, 0.717) is 21.5 Å². The van der Waals surface area contributed by atoms with Crippen LogP contribution in [0.25, 0.3) is 0 Å². The van der Waals surface area contributed by atoms with Gasteiger partial charge in [0.15, 0.2) is 0 Å². The molecule has 0 aliphatic carbocycles. The van der Waals surface area contributed by atoms with Crippen molar-refractivity contribution >= 4 is 29.2 Å². The molecule has 0 aliphatic heterocycles. The van der Waals surface area contributed by atoms with E-state index >= 15 is 0 Å². The molecule has 6 nitrogen and oxygen atoms in total. The van der Waals surface area contributed by atoms with Crippen LogP contribution in [-0.2, 0) is 9.53 Å². The molecule has 1 atom stereocenters. The van der Waals surface area contributed by atoms with Crippen LogP contribution in [0.4, 0.5) is 0 Å². The van der Waals surface area contributed by atoms with Crippen molar-refractivity contribution < 1.29 is 29.2 Å². The summed E-state index contributed by atoms with van der Waals surface area (Å²) >= 11 is 11.6. The van der Waals surface area contributed by atoms with Gasteiger partial charge in [0.2, 0.25) is 0 Å². The van der Waals surface area contributed by atoms with E-state index in [1.54, 1.807) is 48.5 Å². The molecular formula is C17H16Cl2O6. The van der Waals surface area contributed by atoms with Gasteiger partial charge in [0.05, 0.1) is 6.61 Å². The lowest BCUT2D eigenvalue weighted by Crippen LogP contribution is -2.37. The third-order valence-corrected chi connectivity index (χ3v) is 3.44. The quantitative estimate of drug-likeness (QED) is 0.535. The van der Waals surface area contributed by atoms with Crippen molar-refractivity contribution in [3.63, 3.8) is 0 Å². The van der Waals surface area contributed by atoms with Gasteiger partial charge in [-0.1, -0.05) is 23.2 Å². The Morgan fingerprint density at radius 3 is 1.76 bits per heavy atom. The van der Waals surface area contributed by atoms with Crippen molar-refractivity contribution in [3.8, 4) is 11.5 Å². The van der Waals surface area contributed by atoms with Crippen molar-refractivity contribution in [1.29, 1.82) is 0 Å². The molecule has 25 heavy (non-hydrogen) atoms. The van der Waals surface area contributed by atoms with Crippen molar-refractivity contribution in [3.05, 3.63) is 58.6 Å². The number of carbonyl (C=O) groups is 1. The number of aliphatic hydroxyl groups excluding tert-OH is 2. The summed E-state index contributed by atoms with van der Waals surface area (Å²) in [4.78, 5) is 12.2. The number of aliphatic hydroxyl groups is 2. The number of carbonyl (C=O) groups excluding carboxylic acids is 1. The zero-order valence-electron chi connectivity index (χ0n) is 13.0. The van der Waals surface area contributed by atoms with Crippen LogP contribution in [0, 0.1) is 0 Å². The van der Waals surface area contributed by atoms with Gasteiger partial charge in [-0.25, -0.2) is 4.79 Å². The van der Waals surface area contributed by atoms with Crippen LogP contribution >= 0.6 is 23.2 Å². The topological polar surface area (TPSA) is 85.2 Å². The van der Waals surface area contributed by atoms with E-state index < -0.39 is 25.0 Å². The maximum atomic E-state index is 12.2. The molecule has 134 valence electrons. The van der Waals surface area contributed by atoms with Gasteiger partial charge >= 0.3 is 12.3 Å². The van der Waals surface area contributed by atoms with E-state index in [0.717, 1.165) is 0 Å². The van der Waals surface area contributed by atoms with Crippen LogP contribution in [0.3, 0.4) is 0 Å². The second kappa shape index (κ2) is 9.48. The lowest BCUT2D eigenvalue weighted by atomic mass is 10.3. The Hall–Kier alpha value is -1.99. The zero-order chi connectivity index (χ0) is 18.2. The zero-order valence-corrected chi connectivity index (χ0v) is 14.5. The van der Waals surface area contributed by atoms with Crippen LogP contribution < -0.4 is 9.47 Å². The molecule has 2 N–H and O–H groups in total. The molecule has 0 heterocycles. The van der Waals surface area contributed by atoms with E-state index in [1.165, 1.54) is 0 Å². The van der Waals surface area contributed by atoms with Gasteiger partial charge in [-0.05, 0) is 48.5 Å². The molecule has 0 amide bonds. The number of hydrogen-bond donors (Lipinski definition) is 2. The lowest BCUT2D eigenvalue weighted by molar-refractivity contribution is -0.169. The Bertz CT molecular complexity index is 627. The second-order valence-corrected chi connectivity index (χ2v) is 5.81. The monoisotopic (exact) mass is 386 g/mol. The Morgan fingerprint density at radius 2 is 1.36 bits per heavy atom. The van der Waals surface area contributed by atoms with E-state index in [-0.39, 0.29) is 6.61 Å². The molecule has 0 saturated heterocycles. The number of benzene rings is 2. The minimum atomic E-state index is -1.42. The van der Waals surface area contributed by atoms with Crippen molar-refractivity contribution in [2.24, 2.45) is 0 Å². The van der Waals surface area contributed by atoms with Crippen LogP contribution in [0.1, 0.15) is 0 Å². The summed E-state index contributed by atoms with van der Waals surface area (Å²) in [6, 6.07) is 12.6. The smallest absolute Gasteiger partial charge is 0.389 e. The predicted molar refractivity (Wildman–Crippen MR) is 92.0 cm³/mol. The van der Waals surface area contributed by atoms with E-state index in [9.17, 15) is 9.90 Å². The number of rotatable bonds is 8. The van der Waals surface area contributed by atoms with Gasteiger partial charge in [0.1, 0.15) is 24.2 Å². The lowest BCUT2D eigenvalue weighted by Gasteiger charge is -2.20. The largest absolute Gasteiger partial charge is 0.457 e. The first-order valence-electron chi connectivity index (χ1n) is 7.28. The highest BCUT2D eigenvalue weighted by molar-refractivity contribution is 6.30. The van der Waals surface area contributed by atoms with Gasteiger partial charge < -0.3 is 24.4 Å². The molecule has 0 fully saturated rings. The number of hydrogen-bond acceptors (Lipinski definition) is 6. The minimum absolute atomic E-state index is 0.336. The fourth-order valence-electron chi connectivity index (χ4n) is 1.69. The summed E-state index contributed by atoms with van der Waals surface area (Å²) in [7, 11) is 0. The molecule has 2 aromatic carbocycles. The molecule has 2 aromatic rings. The van der Waals surface area contributed by atoms with Crippen LogP contribution in [0.15, 0.2) is 48.5 Å². The molecular weight excluding hydrogens is 371 g/mol. The highest BCUT2D eigenvalue weighted by atomic mass is 35.5. The Labute approximate surface area is 154 Å². The standard InChI is InChI=1S/C17H16Cl2O6/c18-11-1-5-14(6-2-11)24-17(16(22)23-10-13(21)9-20)25-15-7-3-12(19)4-8-15/h1-8,13,17,20-21H,9-10H2. The number of halogens is 2. The van der Waals surface area contributed by atoms with Gasteiger partial charge in [-0.15, -0.1) is 0 Å². The first-order valence-corrected chi connectivity index (χ1v) is 8.03. The van der Waals surface area contributed by atoms with E-state index in [1.807, 2.05) is 0 Å². The Balaban J connectivity index is 2.10. The SMILES string of the molecule is O=C(OCC(O)CO)C(Oc1ccc(Cl)cc1)Oc1ccc(Cl)cc1. The predicted octanol–water partition coefficient (Wildman–Crippen LogP) is 2.67. The first-order chi connectivity index (χ1) is 12.0. The van der Waals surface area contributed by atoms with Gasteiger partial charge in [0, 0.05) is 10.0 Å². The van der Waals surface area contributed by atoms with Crippen LogP contribution in [0.5, 0.6) is 11.5 Å². The molecule has 0 aliphatic rings. The third kappa shape index (κ3) is 6.43. The molecule has 2 rings (SSSR count). The average molecular weight is 387 g/mol. The van der Waals surface area contributed by atoms with Crippen LogP contribution in [0.2, 0.25) is 10.0 Å². The molecule has 8 heteroatoms.